The molecule has 0 aromatic heterocycles. The third kappa shape index (κ3) is 2.84. The second kappa shape index (κ2) is 4.64. The number of carbonyl (C=O) groups is 1. The minimum atomic E-state index is -0.204. The molecule has 1 rings (SSSR count). The number of hydrogen-bond acceptors (Lipinski definition) is 3. The minimum Gasteiger partial charge on any atom is -0.507 e. The van der Waals surface area contributed by atoms with Crippen LogP contribution in [0.2, 0.25) is 0 Å². The number of aldehydes is 1. The van der Waals surface area contributed by atoms with Crippen LogP contribution >= 0.6 is 0 Å². The van der Waals surface area contributed by atoms with Crippen LogP contribution in [0.5, 0.6) is 11.5 Å². The van der Waals surface area contributed by atoms with Crippen molar-refractivity contribution in [1.82, 2.24) is 0 Å². The fourth-order valence-electron chi connectivity index (χ4n) is 1.14. The molecule has 0 spiro atoms. The van der Waals surface area contributed by atoms with E-state index in [2.05, 4.69) is 0 Å². The minimum absolute atomic E-state index is 0.0324. The Morgan fingerprint density at radius 2 is 1.73 bits per heavy atom. The highest BCUT2D eigenvalue weighted by atomic mass is 16.3. The summed E-state index contributed by atoms with van der Waals surface area (Å²) >= 11 is 0. The van der Waals surface area contributed by atoms with Crippen molar-refractivity contribution in [3.8, 4) is 11.5 Å². The van der Waals surface area contributed by atoms with E-state index < -0.39 is 0 Å². The fourth-order valence-corrected chi connectivity index (χ4v) is 1.14. The monoisotopic (exact) mass is 206 g/mol. The zero-order valence-electron chi connectivity index (χ0n) is 8.77. The van der Waals surface area contributed by atoms with E-state index in [0.29, 0.717) is 17.8 Å². The van der Waals surface area contributed by atoms with E-state index in [9.17, 15) is 15.0 Å². The Balaban J connectivity index is 3.13. The van der Waals surface area contributed by atoms with E-state index in [1.807, 2.05) is 19.9 Å². The van der Waals surface area contributed by atoms with Gasteiger partial charge in [-0.15, -0.1) is 0 Å². The smallest absolute Gasteiger partial charge is 0.153 e. The number of allylic oxidation sites excluding steroid dienone is 1. The molecule has 0 bridgehead atoms. The van der Waals surface area contributed by atoms with Crippen LogP contribution in [0.15, 0.2) is 18.2 Å². The lowest BCUT2D eigenvalue weighted by molar-refractivity contribution is 0.112. The molecule has 1 aromatic carbocycles. The summed E-state index contributed by atoms with van der Waals surface area (Å²) in [6.45, 7) is 4.02. The zero-order chi connectivity index (χ0) is 11.4. The molecule has 0 saturated carbocycles. The van der Waals surface area contributed by atoms with Crippen molar-refractivity contribution in [3.05, 3.63) is 29.3 Å². The van der Waals surface area contributed by atoms with Gasteiger partial charge in [-0.2, -0.15) is 0 Å². The molecule has 0 aliphatic heterocycles. The van der Waals surface area contributed by atoms with E-state index in [1.54, 1.807) is 6.08 Å². The second-order valence-corrected chi connectivity index (χ2v) is 3.69. The van der Waals surface area contributed by atoms with Gasteiger partial charge in [-0.05, 0) is 12.0 Å². The van der Waals surface area contributed by atoms with Gasteiger partial charge in [-0.1, -0.05) is 26.0 Å². The highest BCUT2D eigenvalue weighted by Crippen LogP contribution is 2.27. The quantitative estimate of drug-likeness (QED) is 0.747. The molecule has 2 N–H and O–H groups in total. The van der Waals surface area contributed by atoms with Gasteiger partial charge in [-0.3, -0.25) is 4.79 Å². The van der Waals surface area contributed by atoms with Crippen LogP contribution in [-0.4, -0.2) is 16.5 Å². The van der Waals surface area contributed by atoms with Crippen LogP contribution in [-0.2, 0) is 0 Å². The number of carbonyl (C=O) groups excluding carboxylic acids is 1. The number of aromatic hydroxyl groups is 2. The molecular formula is C12H14O3. The summed E-state index contributed by atoms with van der Waals surface area (Å²) in [5.74, 6) is 0.122. The maximum absolute atomic E-state index is 10.6. The topological polar surface area (TPSA) is 57.5 Å². The molecule has 0 unspecified atom stereocenters. The lowest BCUT2D eigenvalue weighted by Crippen LogP contribution is -1.85. The van der Waals surface area contributed by atoms with Crippen molar-refractivity contribution in [1.29, 1.82) is 0 Å². The number of benzene rings is 1. The first kappa shape index (κ1) is 11.3. The number of hydrogen-bond donors (Lipinski definition) is 2. The lowest BCUT2D eigenvalue weighted by Gasteiger charge is -2.03. The van der Waals surface area contributed by atoms with Crippen molar-refractivity contribution in [2.75, 3.05) is 0 Å². The largest absolute Gasteiger partial charge is 0.507 e. The summed E-state index contributed by atoms with van der Waals surface area (Å²) in [6, 6.07) is 2.63. The van der Waals surface area contributed by atoms with Crippen LogP contribution in [0.3, 0.4) is 0 Å². The maximum atomic E-state index is 10.6. The summed E-state index contributed by atoms with van der Waals surface area (Å²) in [6.07, 6.45) is 4.19. The molecule has 0 aliphatic rings. The lowest BCUT2D eigenvalue weighted by atomic mass is 10.1. The Hall–Kier alpha value is -1.77. The van der Waals surface area contributed by atoms with Crippen LogP contribution in [0.4, 0.5) is 0 Å². The Morgan fingerprint density at radius 3 is 2.27 bits per heavy atom. The molecule has 80 valence electrons. The van der Waals surface area contributed by atoms with Gasteiger partial charge in [0, 0.05) is 11.6 Å². The third-order valence-corrected chi connectivity index (χ3v) is 1.96. The van der Waals surface area contributed by atoms with E-state index >= 15 is 0 Å². The first-order valence-electron chi connectivity index (χ1n) is 4.74. The van der Waals surface area contributed by atoms with E-state index in [4.69, 9.17) is 0 Å². The molecule has 1 aromatic rings. The van der Waals surface area contributed by atoms with Gasteiger partial charge in [0.1, 0.15) is 11.5 Å². The van der Waals surface area contributed by atoms with E-state index in [-0.39, 0.29) is 17.1 Å². The highest BCUT2D eigenvalue weighted by Gasteiger charge is 2.05. The Labute approximate surface area is 88.7 Å². The maximum Gasteiger partial charge on any atom is 0.153 e. The van der Waals surface area contributed by atoms with Crippen molar-refractivity contribution in [2.45, 2.75) is 13.8 Å². The van der Waals surface area contributed by atoms with E-state index in [0.717, 1.165) is 0 Å². The van der Waals surface area contributed by atoms with Crippen LogP contribution in [0.1, 0.15) is 29.8 Å². The SMILES string of the molecule is CC(C)/C=C/c1cc(C=O)c(O)cc1O. The Morgan fingerprint density at radius 1 is 1.13 bits per heavy atom. The molecule has 0 radical (unpaired) electrons. The van der Waals surface area contributed by atoms with Gasteiger partial charge in [0.05, 0.1) is 5.56 Å². The molecule has 0 aliphatic carbocycles. The molecule has 0 amide bonds. The summed E-state index contributed by atoms with van der Waals surface area (Å²) < 4.78 is 0. The predicted octanol–water partition coefficient (Wildman–Crippen LogP) is 2.58. The standard InChI is InChI=1S/C12H14O3/c1-8(2)3-4-9-5-10(7-13)12(15)6-11(9)14/h3-8,14-15H,1-2H3/b4-3+. The molecule has 15 heavy (non-hydrogen) atoms. The summed E-state index contributed by atoms with van der Waals surface area (Å²) in [5.41, 5.74) is 0.708. The average molecular weight is 206 g/mol. The van der Waals surface area contributed by atoms with Crippen molar-refractivity contribution < 1.29 is 15.0 Å². The van der Waals surface area contributed by atoms with Crippen molar-refractivity contribution in [3.63, 3.8) is 0 Å². The van der Waals surface area contributed by atoms with Gasteiger partial charge in [0.15, 0.2) is 6.29 Å². The van der Waals surface area contributed by atoms with Gasteiger partial charge >= 0.3 is 0 Å². The molecule has 0 heterocycles. The Bertz CT molecular complexity index is 392. The van der Waals surface area contributed by atoms with Gasteiger partial charge in [0.25, 0.3) is 0 Å². The highest BCUT2D eigenvalue weighted by molar-refractivity contribution is 5.82. The van der Waals surface area contributed by atoms with E-state index in [1.165, 1.54) is 12.1 Å². The summed E-state index contributed by atoms with van der Waals surface area (Å²) in [4.78, 5) is 10.6. The molecule has 0 saturated heterocycles. The summed E-state index contributed by atoms with van der Waals surface area (Å²) in [5, 5.41) is 18.8. The number of phenolic OH excluding ortho intramolecular Hbond substituents is 2. The van der Waals surface area contributed by atoms with Gasteiger partial charge < -0.3 is 10.2 Å². The normalized spacial score (nSPS) is 11.1. The average Bonchev–Trinajstić information content (AvgIpc) is 2.16. The second-order valence-electron chi connectivity index (χ2n) is 3.69. The zero-order valence-corrected chi connectivity index (χ0v) is 8.77. The number of rotatable bonds is 3. The van der Waals surface area contributed by atoms with Gasteiger partial charge in [0.2, 0.25) is 0 Å². The van der Waals surface area contributed by atoms with Crippen LogP contribution < -0.4 is 0 Å². The van der Waals surface area contributed by atoms with Crippen LogP contribution in [0, 0.1) is 5.92 Å². The molecule has 3 nitrogen and oxygen atoms in total. The predicted molar refractivity (Wildman–Crippen MR) is 59.0 cm³/mol. The molecule has 0 fully saturated rings. The molecule has 0 atom stereocenters. The van der Waals surface area contributed by atoms with Crippen LogP contribution in [0.25, 0.3) is 6.08 Å². The number of phenols is 2. The Kier molecular flexibility index (Phi) is 3.50. The van der Waals surface area contributed by atoms with Gasteiger partial charge in [-0.25, -0.2) is 0 Å². The van der Waals surface area contributed by atoms with Crippen molar-refractivity contribution in [2.24, 2.45) is 5.92 Å². The summed E-state index contributed by atoms with van der Waals surface area (Å²) in [7, 11) is 0. The first-order chi connectivity index (χ1) is 7.04. The molecule has 3 heteroatoms. The fraction of sp³-hybridized carbons (Fsp3) is 0.250. The third-order valence-electron chi connectivity index (χ3n) is 1.96. The van der Waals surface area contributed by atoms with Crippen molar-refractivity contribution >= 4 is 12.4 Å². The molecular weight excluding hydrogens is 192 g/mol. The first-order valence-corrected chi connectivity index (χ1v) is 4.74.